The summed E-state index contributed by atoms with van der Waals surface area (Å²) >= 11 is 0. The lowest BCUT2D eigenvalue weighted by Gasteiger charge is -2.36. The van der Waals surface area contributed by atoms with Crippen molar-refractivity contribution in [2.45, 2.75) is 26.1 Å². The number of halogens is 1. The van der Waals surface area contributed by atoms with Crippen LogP contribution in [-0.2, 0) is 11.3 Å². The van der Waals surface area contributed by atoms with Gasteiger partial charge in [0.15, 0.2) is 6.23 Å². The molecule has 1 amide bonds. The van der Waals surface area contributed by atoms with E-state index in [1.807, 2.05) is 37.4 Å². The molecule has 0 unspecified atom stereocenters. The molecular weight excluding hydrogens is 425 g/mol. The third-order valence-electron chi connectivity index (χ3n) is 5.58. The molecule has 0 radical (unpaired) electrons. The normalized spacial score (nSPS) is 18.2. The van der Waals surface area contributed by atoms with Crippen molar-refractivity contribution in [1.82, 2.24) is 25.1 Å². The van der Waals surface area contributed by atoms with E-state index in [-0.39, 0.29) is 5.91 Å². The fourth-order valence-electron chi connectivity index (χ4n) is 3.96. The Balaban J connectivity index is 1.38. The molecule has 0 bridgehead atoms. The summed E-state index contributed by atoms with van der Waals surface area (Å²) in [6, 6.07) is 10.5. The standard InChI is InChI=1S/C23H24FN7O2/c1-16-3-6-21(31-26-8-9-27-31)18(13-16)23(32)30-10-2-12-33-22(30)15-29-11-7-20(28-29)19-5-4-17(24)14-25-19/h3-8,11,13-14,22,27H,2,9-10,12,15H2,1H3/t22-/m0/s1. The average Bonchev–Trinajstić information content (AvgIpc) is 3.52. The van der Waals surface area contributed by atoms with E-state index in [1.54, 1.807) is 27.0 Å². The Bertz CT molecular complexity index is 1180. The Morgan fingerprint density at radius 1 is 1.24 bits per heavy atom. The lowest BCUT2D eigenvalue weighted by atomic mass is 10.1. The number of carbonyl (C=O) groups is 1. The van der Waals surface area contributed by atoms with Gasteiger partial charge in [-0.25, -0.2) is 9.82 Å². The van der Waals surface area contributed by atoms with E-state index in [0.717, 1.165) is 18.2 Å². The molecule has 170 valence electrons. The van der Waals surface area contributed by atoms with Gasteiger partial charge in [0.2, 0.25) is 0 Å². The van der Waals surface area contributed by atoms with Crippen molar-refractivity contribution < 1.29 is 13.9 Å². The number of nitrogens with one attached hydrogen (secondary N) is 1. The summed E-state index contributed by atoms with van der Waals surface area (Å²) in [5.74, 6) is -0.511. The minimum absolute atomic E-state index is 0.116. The molecule has 2 aliphatic rings. The van der Waals surface area contributed by atoms with E-state index < -0.39 is 12.0 Å². The average molecular weight is 449 g/mol. The molecule has 2 aromatic heterocycles. The number of hydrogen-bond acceptors (Lipinski definition) is 7. The van der Waals surface area contributed by atoms with Crippen LogP contribution >= 0.6 is 0 Å². The van der Waals surface area contributed by atoms with Crippen LogP contribution in [0.1, 0.15) is 22.3 Å². The van der Waals surface area contributed by atoms with Gasteiger partial charge in [0.1, 0.15) is 11.5 Å². The van der Waals surface area contributed by atoms with Gasteiger partial charge < -0.3 is 9.64 Å². The van der Waals surface area contributed by atoms with Crippen molar-refractivity contribution in [3.8, 4) is 11.4 Å². The Kier molecular flexibility index (Phi) is 5.84. The van der Waals surface area contributed by atoms with Gasteiger partial charge >= 0.3 is 0 Å². The molecule has 4 heterocycles. The fraction of sp³-hybridized carbons (Fsp3) is 0.304. The Hall–Kier alpha value is -3.63. The number of benzene rings is 1. The minimum Gasteiger partial charge on any atom is -0.356 e. The number of rotatable bonds is 5. The van der Waals surface area contributed by atoms with Gasteiger partial charge in [-0.05, 0) is 43.7 Å². The summed E-state index contributed by atoms with van der Waals surface area (Å²) in [6.45, 7) is 4.10. The number of aromatic nitrogens is 3. The van der Waals surface area contributed by atoms with Crippen LogP contribution in [0.5, 0.6) is 0 Å². The Labute approximate surface area is 190 Å². The molecule has 3 aromatic rings. The first-order valence-corrected chi connectivity index (χ1v) is 10.8. The predicted octanol–water partition coefficient (Wildman–Crippen LogP) is 2.59. The van der Waals surface area contributed by atoms with Crippen LogP contribution in [0.4, 0.5) is 10.1 Å². The maximum atomic E-state index is 13.7. The van der Waals surface area contributed by atoms with E-state index in [9.17, 15) is 9.18 Å². The lowest BCUT2D eigenvalue weighted by Crippen LogP contribution is -2.49. The lowest BCUT2D eigenvalue weighted by molar-refractivity contribution is -0.0860. The highest BCUT2D eigenvalue weighted by Crippen LogP contribution is 2.26. The zero-order valence-corrected chi connectivity index (χ0v) is 18.2. The van der Waals surface area contributed by atoms with Crippen molar-refractivity contribution in [1.29, 1.82) is 0 Å². The van der Waals surface area contributed by atoms with Crippen LogP contribution in [-0.4, -0.2) is 57.7 Å². The summed E-state index contributed by atoms with van der Waals surface area (Å²) in [7, 11) is 0. The molecule has 33 heavy (non-hydrogen) atoms. The Morgan fingerprint density at radius 2 is 2.15 bits per heavy atom. The highest BCUT2D eigenvalue weighted by atomic mass is 19.1. The SMILES string of the molecule is Cc1ccc(N2N=CCN2)c(C(=O)N2CCCO[C@H]2Cn2ccc(-c3ccc(F)cn3)n2)c1. The van der Waals surface area contributed by atoms with E-state index in [0.29, 0.717) is 48.9 Å². The molecule has 10 heteroatoms. The monoisotopic (exact) mass is 449 g/mol. The van der Waals surface area contributed by atoms with Crippen molar-refractivity contribution >= 4 is 17.8 Å². The van der Waals surface area contributed by atoms with Crippen LogP contribution in [0.25, 0.3) is 11.4 Å². The number of hydrazine groups is 1. The number of nitrogens with zero attached hydrogens (tertiary/aromatic N) is 6. The van der Waals surface area contributed by atoms with Crippen LogP contribution in [0.2, 0.25) is 0 Å². The second-order valence-electron chi connectivity index (χ2n) is 7.95. The molecule has 1 atom stereocenters. The smallest absolute Gasteiger partial charge is 0.258 e. The summed E-state index contributed by atoms with van der Waals surface area (Å²) < 4.78 is 20.9. The van der Waals surface area contributed by atoms with E-state index in [1.165, 1.54) is 6.07 Å². The van der Waals surface area contributed by atoms with Crippen LogP contribution in [0, 0.1) is 12.7 Å². The quantitative estimate of drug-likeness (QED) is 0.644. The highest BCUT2D eigenvalue weighted by molar-refractivity contribution is 6.00. The number of carbonyl (C=O) groups excluding carboxylic acids is 1. The molecule has 0 saturated carbocycles. The predicted molar refractivity (Wildman–Crippen MR) is 121 cm³/mol. The van der Waals surface area contributed by atoms with Gasteiger partial charge in [0.05, 0.1) is 42.8 Å². The van der Waals surface area contributed by atoms with Crippen molar-refractivity contribution in [3.63, 3.8) is 0 Å². The number of aryl methyl sites for hydroxylation is 1. The van der Waals surface area contributed by atoms with E-state index >= 15 is 0 Å². The van der Waals surface area contributed by atoms with Gasteiger partial charge in [0, 0.05) is 19.0 Å². The molecule has 1 fully saturated rings. The topological polar surface area (TPSA) is 87.9 Å². The Morgan fingerprint density at radius 3 is 2.94 bits per heavy atom. The molecule has 5 rings (SSSR count). The van der Waals surface area contributed by atoms with Gasteiger partial charge in [-0.1, -0.05) is 11.6 Å². The van der Waals surface area contributed by atoms with E-state index in [2.05, 4.69) is 20.6 Å². The molecule has 1 saturated heterocycles. The zero-order chi connectivity index (χ0) is 22.8. The molecule has 2 aliphatic heterocycles. The van der Waals surface area contributed by atoms with Gasteiger partial charge in [-0.2, -0.15) is 15.3 Å². The second kappa shape index (κ2) is 9.08. The first-order valence-electron chi connectivity index (χ1n) is 10.8. The van der Waals surface area contributed by atoms with Gasteiger partial charge in [-0.3, -0.25) is 14.5 Å². The summed E-state index contributed by atoms with van der Waals surface area (Å²) in [5.41, 5.74) is 6.59. The van der Waals surface area contributed by atoms with Crippen LogP contribution < -0.4 is 10.5 Å². The molecule has 0 aliphatic carbocycles. The molecule has 1 aromatic carbocycles. The van der Waals surface area contributed by atoms with Gasteiger partial charge in [0.25, 0.3) is 5.91 Å². The van der Waals surface area contributed by atoms with Crippen molar-refractivity contribution in [3.05, 3.63) is 65.7 Å². The third kappa shape index (κ3) is 4.48. The summed E-state index contributed by atoms with van der Waals surface area (Å²) in [6.07, 6.45) is 5.02. The first-order chi connectivity index (χ1) is 16.1. The largest absolute Gasteiger partial charge is 0.356 e. The molecular formula is C23H24FN7O2. The maximum absolute atomic E-state index is 13.7. The number of hydrogen-bond donors (Lipinski definition) is 1. The van der Waals surface area contributed by atoms with Crippen LogP contribution in [0.3, 0.4) is 0 Å². The summed E-state index contributed by atoms with van der Waals surface area (Å²) in [4.78, 5) is 19.5. The maximum Gasteiger partial charge on any atom is 0.258 e. The fourth-order valence-corrected chi connectivity index (χ4v) is 3.96. The van der Waals surface area contributed by atoms with E-state index in [4.69, 9.17) is 4.74 Å². The van der Waals surface area contributed by atoms with Crippen molar-refractivity contribution in [2.24, 2.45) is 5.10 Å². The number of anilines is 1. The second-order valence-corrected chi connectivity index (χ2v) is 7.95. The van der Waals surface area contributed by atoms with Gasteiger partial charge in [-0.15, -0.1) is 0 Å². The molecule has 0 spiro atoms. The molecule has 9 nitrogen and oxygen atoms in total. The number of hydrazone groups is 1. The molecule has 1 N–H and O–H groups in total. The number of amides is 1. The highest BCUT2D eigenvalue weighted by Gasteiger charge is 2.31. The van der Waals surface area contributed by atoms with Crippen LogP contribution in [0.15, 0.2) is 53.9 Å². The number of pyridine rings is 1. The first kappa shape index (κ1) is 21.2. The summed E-state index contributed by atoms with van der Waals surface area (Å²) in [5, 5.41) is 10.5. The zero-order valence-electron chi connectivity index (χ0n) is 18.2. The number of ether oxygens (including phenoxy) is 1. The van der Waals surface area contributed by atoms with Crippen molar-refractivity contribution in [2.75, 3.05) is 24.8 Å². The third-order valence-corrected chi connectivity index (χ3v) is 5.58. The minimum atomic E-state index is -0.469.